The second-order valence-corrected chi connectivity index (χ2v) is 6.14. The number of hydrogen-bond donors (Lipinski definition) is 1. The Morgan fingerprint density at radius 3 is 2.81 bits per heavy atom. The van der Waals surface area contributed by atoms with Gasteiger partial charge in [0.2, 0.25) is 0 Å². The first-order chi connectivity index (χ1) is 12.5. The molecule has 3 rings (SSSR count). The van der Waals surface area contributed by atoms with Crippen LogP contribution in [-0.2, 0) is 20.0 Å². The first-order valence-electron chi connectivity index (χ1n) is 8.29. The summed E-state index contributed by atoms with van der Waals surface area (Å²) in [6.45, 7) is 2.72. The van der Waals surface area contributed by atoms with Crippen molar-refractivity contribution in [2.24, 2.45) is 7.05 Å². The molecule has 3 aromatic rings. The molecule has 0 aliphatic rings. The Balaban J connectivity index is 1.64. The van der Waals surface area contributed by atoms with Gasteiger partial charge in [0.15, 0.2) is 5.69 Å². The quantitative estimate of drug-likeness (QED) is 0.699. The summed E-state index contributed by atoms with van der Waals surface area (Å²) in [6.07, 6.45) is 5.20. The fraction of sp³-hybridized carbons (Fsp3) is 0.333. The van der Waals surface area contributed by atoms with E-state index in [2.05, 4.69) is 27.5 Å². The lowest BCUT2D eigenvalue weighted by atomic mass is 10.1. The number of aromatic carboxylic acids is 1. The fourth-order valence-corrected chi connectivity index (χ4v) is 2.91. The maximum atomic E-state index is 11.3. The Labute approximate surface area is 151 Å². The van der Waals surface area contributed by atoms with Gasteiger partial charge in [-0.2, -0.15) is 5.10 Å². The molecular formula is C18H21N5O3. The second kappa shape index (κ2) is 7.38. The number of methoxy groups -OCH3 is 1. The highest BCUT2D eigenvalue weighted by molar-refractivity contribution is 5.93. The van der Waals surface area contributed by atoms with Crippen molar-refractivity contribution in [3.63, 3.8) is 0 Å². The number of rotatable bonds is 7. The number of ether oxygens (including phenoxy) is 1. The van der Waals surface area contributed by atoms with Gasteiger partial charge >= 0.3 is 5.97 Å². The Morgan fingerprint density at radius 2 is 2.12 bits per heavy atom. The van der Waals surface area contributed by atoms with Gasteiger partial charge in [-0.3, -0.25) is 9.36 Å². The summed E-state index contributed by atoms with van der Waals surface area (Å²) in [6, 6.07) is 6.17. The molecule has 136 valence electrons. The third-order valence-electron chi connectivity index (χ3n) is 4.16. The molecule has 2 aromatic heterocycles. The second-order valence-electron chi connectivity index (χ2n) is 6.14. The highest BCUT2D eigenvalue weighted by atomic mass is 16.5. The number of aryl methyl sites for hydroxylation is 4. The van der Waals surface area contributed by atoms with E-state index in [1.165, 1.54) is 10.2 Å². The zero-order valence-electron chi connectivity index (χ0n) is 15.0. The lowest BCUT2D eigenvalue weighted by Gasteiger charge is -2.07. The number of carboxylic acid groups (broad SMARTS) is 1. The van der Waals surface area contributed by atoms with E-state index in [1.807, 2.05) is 13.0 Å². The monoisotopic (exact) mass is 355 g/mol. The van der Waals surface area contributed by atoms with Gasteiger partial charge in [-0.05, 0) is 37.0 Å². The van der Waals surface area contributed by atoms with E-state index in [0.717, 1.165) is 24.2 Å². The molecular weight excluding hydrogens is 334 g/mol. The predicted octanol–water partition coefficient (Wildman–Crippen LogP) is 2.33. The van der Waals surface area contributed by atoms with Gasteiger partial charge in [-0.1, -0.05) is 17.3 Å². The molecule has 0 amide bonds. The Kier molecular flexibility index (Phi) is 5.01. The molecule has 0 spiro atoms. The topological polar surface area (TPSA) is 95.1 Å². The van der Waals surface area contributed by atoms with Gasteiger partial charge in [0.05, 0.1) is 18.9 Å². The number of carbonyl (C=O) groups is 1. The molecule has 1 aromatic carbocycles. The summed E-state index contributed by atoms with van der Waals surface area (Å²) in [5.74, 6) is -0.189. The van der Waals surface area contributed by atoms with Crippen molar-refractivity contribution in [2.45, 2.75) is 26.3 Å². The minimum absolute atomic E-state index is 0.0201. The van der Waals surface area contributed by atoms with Crippen LogP contribution in [-0.4, -0.2) is 43.0 Å². The number of hydrogen-bond acceptors (Lipinski definition) is 5. The summed E-state index contributed by atoms with van der Waals surface area (Å²) in [5.41, 5.74) is 3.32. The average Bonchev–Trinajstić information content (AvgIpc) is 3.21. The molecule has 0 fully saturated rings. The molecule has 2 heterocycles. The average molecular weight is 355 g/mol. The van der Waals surface area contributed by atoms with Gasteiger partial charge in [0, 0.05) is 19.8 Å². The summed E-state index contributed by atoms with van der Waals surface area (Å²) in [5, 5.41) is 21.4. The van der Waals surface area contributed by atoms with Crippen molar-refractivity contribution in [1.82, 2.24) is 24.8 Å². The van der Waals surface area contributed by atoms with E-state index >= 15 is 0 Å². The Bertz CT molecular complexity index is 929. The van der Waals surface area contributed by atoms with Gasteiger partial charge in [-0.25, -0.2) is 4.79 Å². The molecule has 0 saturated heterocycles. The van der Waals surface area contributed by atoms with E-state index in [4.69, 9.17) is 4.74 Å². The van der Waals surface area contributed by atoms with Gasteiger partial charge < -0.3 is 9.84 Å². The van der Waals surface area contributed by atoms with Gasteiger partial charge in [0.1, 0.15) is 11.4 Å². The molecule has 8 heteroatoms. The van der Waals surface area contributed by atoms with Crippen LogP contribution < -0.4 is 4.74 Å². The standard InChI is InChI=1S/C18H21N5O3/c1-12-9-13(6-7-16(12)26-3)5-4-8-23-11-15(19-21-23)14-10-22(2)20-17(14)18(24)25/h6-7,9-11H,4-5,8H2,1-3H3,(H,24,25). The zero-order valence-corrected chi connectivity index (χ0v) is 15.0. The van der Waals surface area contributed by atoms with Crippen molar-refractivity contribution >= 4 is 5.97 Å². The smallest absolute Gasteiger partial charge is 0.357 e. The van der Waals surface area contributed by atoms with Crippen LogP contribution in [0, 0.1) is 6.92 Å². The molecule has 0 saturated carbocycles. The lowest BCUT2D eigenvalue weighted by Crippen LogP contribution is -2.01. The SMILES string of the molecule is COc1ccc(CCCn2cc(-c3cn(C)nc3C(=O)O)nn2)cc1C. The normalized spacial score (nSPS) is 10.9. The molecule has 0 aliphatic heterocycles. The molecule has 0 unspecified atom stereocenters. The summed E-state index contributed by atoms with van der Waals surface area (Å²) < 4.78 is 8.46. The van der Waals surface area contributed by atoms with Crippen molar-refractivity contribution < 1.29 is 14.6 Å². The maximum absolute atomic E-state index is 11.3. The van der Waals surface area contributed by atoms with Crippen LogP contribution in [0.15, 0.2) is 30.6 Å². The van der Waals surface area contributed by atoms with Crippen molar-refractivity contribution in [3.05, 3.63) is 47.4 Å². The van der Waals surface area contributed by atoms with E-state index in [9.17, 15) is 9.90 Å². The predicted molar refractivity (Wildman–Crippen MR) is 95.2 cm³/mol. The first-order valence-corrected chi connectivity index (χ1v) is 8.29. The fourth-order valence-electron chi connectivity index (χ4n) is 2.91. The molecule has 0 aliphatic carbocycles. The number of nitrogens with zero attached hydrogens (tertiary/aromatic N) is 5. The lowest BCUT2D eigenvalue weighted by molar-refractivity contribution is 0.0690. The van der Waals surface area contributed by atoms with Crippen LogP contribution in [0.4, 0.5) is 0 Å². The highest BCUT2D eigenvalue weighted by Crippen LogP contribution is 2.21. The van der Waals surface area contributed by atoms with E-state index < -0.39 is 5.97 Å². The van der Waals surface area contributed by atoms with Crippen molar-refractivity contribution in [2.75, 3.05) is 7.11 Å². The number of carboxylic acids is 1. The first kappa shape index (κ1) is 17.7. The molecule has 1 N–H and O–H groups in total. The Hall–Kier alpha value is -3.16. The van der Waals surface area contributed by atoms with Crippen molar-refractivity contribution in [1.29, 1.82) is 0 Å². The third kappa shape index (κ3) is 3.74. The van der Waals surface area contributed by atoms with E-state index in [-0.39, 0.29) is 5.69 Å². The van der Waals surface area contributed by atoms with Crippen LogP contribution >= 0.6 is 0 Å². The largest absolute Gasteiger partial charge is 0.496 e. The van der Waals surface area contributed by atoms with Gasteiger partial charge in [-0.15, -0.1) is 5.10 Å². The number of aromatic nitrogens is 5. The molecule has 0 radical (unpaired) electrons. The summed E-state index contributed by atoms with van der Waals surface area (Å²) in [7, 11) is 3.35. The number of benzene rings is 1. The molecule has 26 heavy (non-hydrogen) atoms. The zero-order chi connectivity index (χ0) is 18.7. The van der Waals surface area contributed by atoms with Crippen LogP contribution in [0.1, 0.15) is 28.0 Å². The summed E-state index contributed by atoms with van der Waals surface area (Å²) >= 11 is 0. The van der Waals surface area contributed by atoms with Gasteiger partial charge in [0.25, 0.3) is 0 Å². The molecule has 0 bridgehead atoms. The minimum Gasteiger partial charge on any atom is -0.496 e. The van der Waals surface area contributed by atoms with Crippen LogP contribution in [0.5, 0.6) is 5.75 Å². The summed E-state index contributed by atoms with van der Waals surface area (Å²) in [4.78, 5) is 11.3. The van der Waals surface area contributed by atoms with E-state index in [0.29, 0.717) is 17.8 Å². The van der Waals surface area contributed by atoms with Crippen LogP contribution in [0.2, 0.25) is 0 Å². The highest BCUT2D eigenvalue weighted by Gasteiger charge is 2.18. The molecule has 0 atom stereocenters. The maximum Gasteiger partial charge on any atom is 0.357 e. The third-order valence-corrected chi connectivity index (χ3v) is 4.16. The Morgan fingerprint density at radius 1 is 1.31 bits per heavy atom. The van der Waals surface area contributed by atoms with Crippen LogP contribution in [0.25, 0.3) is 11.3 Å². The van der Waals surface area contributed by atoms with E-state index in [1.54, 1.807) is 31.2 Å². The minimum atomic E-state index is -1.08. The van der Waals surface area contributed by atoms with Crippen molar-refractivity contribution in [3.8, 4) is 17.0 Å². The molecule has 8 nitrogen and oxygen atoms in total. The van der Waals surface area contributed by atoms with Crippen LogP contribution in [0.3, 0.4) is 0 Å².